The van der Waals surface area contributed by atoms with E-state index < -0.39 is 0 Å². The van der Waals surface area contributed by atoms with Crippen molar-refractivity contribution in [3.63, 3.8) is 0 Å². The molecule has 0 amide bonds. The number of halogens is 1. The fourth-order valence-corrected chi connectivity index (χ4v) is 2.20. The lowest BCUT2D eigenvalue weighted by atomic mass is 10.1. The number of nitrogens with one attached hydrogen (secondary N) is 3. The Bertz CT molecular complexity index is 518. The molecule has 5 nitrogen and oxygen atoms in total. The second-order valence-electron chi connectivity index (χ2n) is 4.27. The summed E-state index contributed by atoms with van der Waals surface area (Å²) in [5, 5.41) is 7.02. The van der Waals surface area contributed by atoms with Crippen LogP contribution in [0.5, 0.6) is 0 Å². The minimum Gasteiger partial charge on any atom is -0.365 e. The monoisotopic (exact) mass is 235 g/mol. The smallest absolute Gasteiger partial charge is 0.153 e. The second kappa shape index (κ2) is 4.29. The average molecular weight is 235 g/mol. The number of nitrogens with zero attached hydrogens (tertiary/aromatic N) is 2. The van der Waals surface area contributed by atoms with Crippen molar-refractivity contribution in [3.8, 4) is 0 Å². The summed E-state index contributed by atoms with van der Waals surface area (Å²) in [7, 11) is 0. The molecule has 6 heteroatoms. The van der Waals surface area contributed by atoms with E-state index in [1.807, 2.05) is 0 Å². The highest BCUT2D eigenvalue weighted by Crippen LogP contribution is 2.23. The molecule has 2 aromatic heterocycles. The lowest BCUT2D eigenvalue weighted by Gasteiger charge is -2.24. The first-order valence-corrected chi connectivity index (χ1v) is 5.79. The van der Waals surface area contributed by atoms with Crippen LogP contribution in [0.3, 0.4) is 0 Å². The molecule has 0 radical (unpaired) electrons. The molecule has 0 aromatic carbocycles. The van der Waals surface area contributed by atoms with E-state index in [-0.39, 0.29) is 5.82 Å². The highest BCUT2D eigenvalue weighted by molar-refractivity contribution is 5.87. The van der Waals surface area contributed by atoms with Crippen molar-refractivity contribution in [2.45, 2.75) is 18.9 Å². The Morgan fingerprint density at radius 2 is 2.35 bits per heavy atom. The van der Waals surface area contributed by atoms with Crippen molar-refractivity contribution in [1.82, 2.24) is 20.3 Å². The van der Waals surface area contributed by atoms with Crippen LogP contribution in [-0.4, -0.2) is 34.1 Å². The Balaban J connectivity index is 1.91. The number of rotatable bonds is 2. The van der Waals surface area contributed by atoms with E-state index in [2.05, 4.69) is 25.6 Å². The van der Waals surface area contributed by atoms with E-state index in [1.54, 1.807) is 0 Å². The molecule has 1 atom stereocenters. The zero-order chi connectivity index (χ0) is 11.7. The van der Waals surface area contributed by atoms with Gasteiger partial charge in [0.2, 0.25) is 0 Å². The fraction of sp³-hybridized carbons (Fsp3) is 0.455. The molecule has 1 aliphatic heterocycles. The maximum Gasteiger partial charge on any atom is 0.153 e. The minimum atomic E-state index is -0.313. The van der Waals surface area contributed by atoms with Crippen LogP contribution in [0.4, 0.5) is 10.2 Å². The van der Waals surface area contributed by atoms with E-state index in [4.69, 9.17) is 0 Å². The summed E-state index contributed by atoms with van der Waals surface area (Å²) >= 11 is 0. The Morgan fingerprint density at radius 1 is 1.41 bits per heavy atom. The molecule has 3 rings (SSSR count). The molecule has 3 heterocycles. The van der Waals surface area contributed by atoms with E-state index in [1.165, 1.54) is 12.5 Å². The first-order valence-electron chi connectivity index (χ1n) is 5.79. The van der Waals surface area contributed by atoms with Crippen LogP contribution in [0.15, 0.2) is 12.5 Å². The molecule has 0 saturated carbocycles. The maximum atomic E-state index is 13.6. The third-order valence-corrected chi connectivity index (χ3v) is 3.06. The van der Waals surface area contributed by atoms with E-state index in [0.29, 0.717) is 22.9 Å². The summed E-state index contributed by atoms with van der Waals surface area (Å²) in [5.41, 5.74) is 0.531. The van der Waals surface area contributed by atoms with Crippen molar-refractivity contribution in [1.29, 1.82) is 0 Å². The van der Waals surface area contributed by atoms with Gasteiger partial charge >= 0.3 is 0 Å². The Labute approximate surface area is 97.8 Å². The van der Waals surface area contributed by atoms with Gasteiger partial charge in [-0.1, -0.05) is 0 Å². The van der Waals surface area contributed by atoms with Crippen molar-refractivity contribution < 1.29 is 4.39 Å². The average Bonchev–Trinajstić information content (AvgIpc) is 2.74. The van der Waals surface area contributed by atoms with Crippen molar-refractivity contribution in [2.75, 3.05) is 18.4 Å². The van der Waals surface area contributed by atoms with Crippen LogP contribution in [0, 0.1) is 5.82 Å². The SMILES string of the molecule is Fc1c[nH]c2ncnc(N[C@@H]3CCCNC3)c12. The van der Waals surface area contributed by atoms with Crippen LogP contribution >= 0.6 is 0 Å². The summed E-state index contributed by atoms with van der Waals surface area (Å²) in [5.74, 6) is 0.259. The van der Waals surface area contributed by atoms with Gasteiger partial charge < -0.3 is 15.6 Å². The van der Waals surface area contributed by atoms with Crippen LogP contribution in [0.2, 0.25) is 0 Å². The standard InChI is InChI=1S/C11H14FN5/c12-8-5-14-10-9(8)11(16-6-15-10)17-7-2-1-3-13-4-7/h5-7,13H,1-4H2,(H2,14,15,16,17)/t7-/m1/s1. The molecular weight excluding hydrogens is 221 g/mol. The van der Waals surface area contributed by atoms with Gasteiger partial charge in [-0.05, 0) is 19.4 Å². The first kappa shape index (κ1) is 10.5. The van der Waals surface area contributed by atoms with E-state index in [9.17, 15) is 4.39 Å². The lowest BCUT2D eigenvalue weighted by molar-refractivity contribution is 0.479. The molecular formula is C11H14FN5. The summed E-state index contributed by atoms with van der Waals surface area (Å²) in [6, 6.07) is 0.302. The number of fused-ring (bicyclic) bond motifs is 1. The molecule has 1 fully saturated rings. The molecule has 1 saturated heterocycles. The van der Waals surface area contributed by atoms with Gasteiger partial charge in [0, 0.05) is 18.8 Å². The molecule has 90 valence electrons. The zero-order valence-corrected chi connectivity index (χ0v) is 9.33. The molecule has 0 bridgehead atoms. The van der Waals surface area contributed by atoms with Gasteiger partial charge in [0.05, 0.1) is 5.39 Å². The Hall–Kier alpha value is -1.69. The summed E-state index contributed by atoms with van der Waals surface area (Å²) in [6.07, 6.45) is 4.95. The van der Waals surface area contributed by atoms with E-state index >= 15 is 0 Å². The molecule has 0 aliphatic carbocycles. The van der Waals surface area contributed by atoms with Crippen molar-refractivity contribution >= 4 is 16.9 Å². The summed E-state index contributed by atoms with van der Waals surface area (Å²) < 4.78 is 13.6. The van der Waals surface area contributed by atoms with Gasteiger partial charge in [-0.3, -0.25) is 0 Å². The highest BCUT2D eigenvalue weighted by Gasteiger charge is 2.16. The zero-order valence-electron chi connectivity index (χ0n) is 9.33. The Kier molecular flexibility index (Phi) is 2.64. The number of hydrogen-bond acceptors (Lipinski definition) is 4. The van der Waals surface area contributed by atoms with Gasteiger partial charge in [-0.2, -0.15) is 0 Å². The second-order valence-corrected chi connectivity index (χ2v) is 4.27. The van der Waals surface area contributed by atoms with Crippen LogP contribution < -0.4 is 10.6 Å². The van der Waals surface area contributed by atoms with E-state index in [0.717, 1.165) is 25.9 Å². The molecule has 0 spiro atoms. The predicted octanol–water partition coefficient (Wildman–Crippen LogP) is 1.26. The van der Waals surface area contributed by atoms with Gasteiger partial charge in [0.1, 0.15) is 17.8 Å². The third-order valence-electron chi connectivity index (χ3n) is 3.06. The molecule has 0 unspecified atom stereocenters. The predicted molar refractivity (Wildman–Crippen MR) is 63.4 cm³/mol. The van der Waals surface area contributed by atoms with Crippen LogP contribution in [0.1, 0.15) is 12.8 Å². The molecule has 2 aromatic rings. The van der Waals surface area contributed by atoms with Crippen molar-refractivity contribution in [2.24, 2.45) is 0 Å². The Morgan fingerprint density at radius 3 is 3.18 bits per heavy atom. The largest absolute Gasteiger partial charge is 0.365 e. The highest BCUT2D eigenvalue weighted by atomic mass is 19.1. The van der Waals surface area contributed by atoms with Crippen LogP contribution in [-0.2, 0) is 0 Å². The molecule has 17 heavy (non-hydrogen) atoms. The minimum absolute atomic E-state index is 0.302. The maximum absolute atomic E-state index is 13.6. The van der Waals surface area contributed by atoms with Gasteiger partial charge in [-0.15, -0.1) is 0 Å². The number of piperidine rings is 1. The lowest BCUT2D eigenvalue weighted by Crippen LogP contribution is -2.38. The van der Waals surface area contributed by atoms with Crippen LogP contribution in [0.25, 0.3) is 11.0 Å². The quantitative estimate of drug-likeness (QED) is 0.733. The summed E-state index contributed by atoms with van der Waals surface area (Å²) in [6.45, 7) is 1.94. The topological polar surface area (TPSA) is 65.6 Å². The normalized spacial score (nSPS) is 20.6. The summed E-state index contributed by atoms with van der Waals surface area (Å²) in [4.78, 5) is 10.9. The number of aromatic amines is 1. The number of aromatic nitrogens is 3. The molecule has 1 aliphatic rings. The van der Waals surface area contributed by atoms with Gasteiger partial charge in [0.15, 0.2) is 5.82 Å². The van der Waals surface area contributed by atoms with Gasteiger partial charge in [0.25, 0.3) is 0 Å². The number of H-pyrrole nitrogens is 1. The first-order chi connectivity index (χ1) is 8.34. The number of anilines is 1. The third kappa shape index (κ3) is 1.95. The molecule has 3 N–H and O–H groups in total. The van der Waals surface area contributed by atoms with Crippen molar-refractivity contribution in [3.05, 3.63) is 18.3 Å². The number of hydrogen-bond donors (Lipinski definition) is 3. The van der Waals surface area contributed by atoms with Gasteiger partial charge in [-0.25, -0.2) is 14.4 Å². The fourth-order valence-electron chi connectivity index (χ4n) is 2.20.